The van der Waals surface area contributed by atoms with Crippen LogP contribution in [0.25, 0.3) is 22.4 Å². The van der Waals surface area contributed by atoms with Gasteiger partial charge in [-0.3, -0.25) is 15.0 Å². The molecule has 150 valence electrons. The third kappa shape index (κ3) is 4.43. The molecule has 0 spiro atoms. The third-order valence-corrected chi connectivity index (χ3v) is 4.52. The van der Waals surface area contributed by atoms with Crippen LogP contribution in [0.4, 0.5) is 0 Å². The number of nitrogens with one attached hydrogen (secondary N) is 2. The van der Waals surface area contributed by atoms with E-state index in [4.69, 9.17) is 15.9 Å². The SMILES string of the molecule is CCOC(=O)CCNC(=O)c1ccc2c(c1)nc(-c1ccc(C(=N)N)cc1)n2C. The van der Waals surface area contributed by atoms with Crippen LogP contribution < -0.4 is 11.1 Å². The van der Waals surface area contributed by atoms with Gasteiger partial charge >= 0.3 is 5.97 Å². The minimum Gasteiger partial charge on any atom is -0.466 e. The number of hydrogen-bond donors (Lipinski definition) is 3. The number of imidazole rings is 1. The van der Waals surface area contributed by atoms with Crippen molar-refractivity contribution in [3.05, 3.63) is 53.6 Å². The van der Waals surface area contributed by atoms with Crippen molar-refractivity contribution >= 4 is 28.7 Å². The fraction of sp³-hybridized carbons (Fsp3) is 0.238. The van der Waals surface area contributed by atoms with Gasteiger partial charge in [0.25, 0.3) is 5.91 Å². The number of aryl methyl sites for hydroxylation is 1. The molecule has 29 heavy (non-hydrogen) atoms. The molecule has 0 fully saturated rings. The number of benzene rings is 2. The van der Waals surface area contributed by atoms with Gasteiger partial charge in [-0.1, -0.05) is 24.3 Å². The smallest absolute Gasteiger partial charge is 0.307 e. The van der Waals surface area contributed by atoms with Crippen LogP contribution in [0.15, 0.2) is 42.5 Å². The van der Waals surface area contributed by atoms with Gasteiger partial charge < -0.3 is 20.4 Å². The number of fused-ring (bicyclic) bond motifs is 1. The molecule has 0 radical (unpaired) electrons. The molecule has 0 saturated carbocycles. The maximum absolute atomic E-state index is 12.4. The fourth-order valence-electron chi connectivity index (χ4n) is 3.01. The summed E-state index contributed by atoms with van der Waals surface area (Å²) in [6.45, 7) is 2.28. The number of amidine groups is 1. The molecule has 2 aromatic carbocycles. The van der Waals surface area contributed by atoms with Gasteiger partial charge in [0.05, 0.1) is 24.1 Å². The molecule has 0 bridgehead atoms. The largest absolute Gasteiger partial charge is 0.466 e. The van der Waals surface area contributed by atoms with E-state index in [2.05, 4.69) is 10.3 Å². The van der Waals surface area contributed by atoms with Gasteiger partial charge in [-0.2, -0.15) is 0 Å². The van der Waals surface area contributed by atoms with Crippen molar-refractivity contribution in [2.45, 2.75) is 13.3 Å². The average Bonchev–Trinajstić information content (AvgIpc) is 3.04. The highest BCUT2D eigenvalue weighted by molar-refractivity contribution is 5.98. The maximum Gasteiger partial charge on any atom is 0.307 e. The number of aromatic nitrogens is 2. The Bertz CT molecular complexity index is 1070. The number of carbonyl (C=O) groups is 2. The van der Waals surface area contributed by atoms with Crippen LogP contribution in [0.2, 0.25) is 0 Å². The molecule has 1 amide bonds. The second-order valence-corrected chi connectivity index (χ2v) is 6.50. The van der Waals surface area contributed by atoms with Crippen LogP contribution >= 0.6 is 0 Å². The van der Waals surface area contributed by atoms with E-state index in [1.165, 1.54) is 0 Å². The highest BCUT2D eigenvalue weighted by atomic mass is 16.5. The number of nitrogens with two attached hydrogens (primary N) is 1. The van der Waals surface area contributed by atoms with E-state index < -0.39 is 0 Å². The Morgan fingerprint density at radius 1 is 1.17 bits per heavy atom. The monoisotopic (exact) mass is 393 g/mol. The van der Waals surface area contributed by atoms with Crippen LogP contribution in [-0.4, -0.2) is 40.4 Å². The van der Waals surface area contributed by atoms with E-state index in [9.17, 15) is 9.59 Å². The average molecular weight is 393 g/mol. The van der Waals surface area contributed by atoms with E-state index in [1.807, 2.05) is 29.8 Å². The van der Waals surface area contributed by atoms with Crippen molar-refractivity contribution in [1.82, 2.24) is 14.9 Å². The van der Waals surface area contributed by atoms with Crippen LogP contribution in [0.3, 0.4) is 0 Å². The Hall–Kier alpha value is -3.68. The summed E-state index contributed by atoms with van der Waals surface area (Å²) in [6.07, 6.45) is 0.131. The Morgan fingerprint density at radius 2 is 1.86 bits per heavy atom. The number of hydrogen-bond acceptors (Lipinski definition) is 5. The number of nitrogen functional groups attached to an aromatic ring is 1. The van der Waals surface area contributed by atoms with Crippen molar-refractivity contribution in [3.8, 4) is 11.4 Å². The summed E-state index contributed by atoms with van der Waals surface area (Å²) >= 11 is 0. The predicted molar refractivity (Wildman–Crippen MR) is 111 cm³/mol. The molecule has 1 aromatic heterocycles. The van der Waals surface area contributed by atoms with Gasteiger partial charge in [0.15, 0.2) is 0 Å². The van der Waals surface area contributed by atoms with Crippen molar-refractivity contribution in [2.75, 3.05) is 13.2 Å². The maximum atomic E-state index is 12.4. The quantitative estimate of drug-likeness (QED) is 0.323. The van der Waals surface area contributed by atoms with Gasteiger partial charge in [-0.05, 0) is 25.1 Å². The molecule has 3 aromatic rings. The molecule has 3 rings (SSSR count). The number of rotatable bonds is 7. The van der Waals surface area contributed by atoms with E-state index in [0.29, 0.717) is 23.3 Å². The first-order valence-electron chi connectivity index (χ1n) is 9.25. The first kappa shape index (κ1) is 20.1. The molecular formula is C21H23N5O3. The molecule has 0 saturated heterocycles. The first-order valence-corrected chi connectivity index (χ1v) is 9.25. The van der Waals surface area contributed by atoms with Crippen molar-refractivity contribution < 1.29 is 14.3 Å². The number of ether oxygens (including phenoxy) is 1. The Labute approximate surface area is 168 Å². The zero-order chi connectivity index (χ0) is 21.0. The lowest BCUT2D eigenvalue weighted by Gasteiger charge is -2.05. The summed E-state index contributed by atoms with van der Waals surface area (Å²) in [6, 6.07) is 12.6. The molecule has 0 aliphatic carbocycles. The topological polar surface area (TPSA) is 123 Å². The highest BCUT2D eigenvalue weighted by Crippen LogP contribution is 2.24. The fourth-order valence-corrected chi connectivity index (χ4v) is 3.01. The summed E-state index contributed by atoms with van der Waals surface area (Å²) in [7, 11) is 1.91. The van der Waals surface area contributed by atoms with E-state index in [0.717, 1.165) is 16.9 Å². The lowest BCUT2D eigenvalue weighted by Crippen LogP contribution is -2.26. The summed E-state index contributed by atoms with van der Waals surface area (Å²) in [5.41, 5.74) is 9.08. The molecule has 8 heteroatoms. The number of amides is 1. The van der Waals surface area contributed by atoms with E-state index in [-0.39, 0.29) is 30.7 Å². The zero-order valence-electron chi connectivity index (χ0n) is 16.4. The molecule has 8 nitrogen and oxygen atoms in total. The van der Waals surface area contributed by atoms with Crippen LogP contribution in [0.1, 0.15) is 29.3 Å². The molecule has 4 N–H and O–H groups in total. The second-order valence-electron chi connectivity index (χ2n) is 6.50. The predicted octanol–water partition coefficient (Wildman–Crippen LogP) is 2.21. The van der Waals surface area contributed by atoms with Gasteiger partial charge in [0, 0.05) is 30.3 Å². The standard InChI is InChI=1S/C21H23N5O3/c1-3-29-18(27)10-11-24-21(28)15-8-9-17-16(12-15)25-20(26(17)2)14-6-4-13(5-7-14)19(22)23/h4-9,12H,3,10-11H2,1-2H3,(H3,22,23)(H,24,28). The first-order chi connectivity index (χ1) is 13.9. The molecule has 0 aliphatic rings. The van der Waals surface area contributed by atoms with Crippen molar-refractivity contribution in [2.24, 2.45) is 12.8 Å². The minimum atomic E-state index is -0.339. The van der Waals surface area contributed by atoms with Gasteiger partial charge in [0.2, 0.25) is 0 Å². The Kier molecular flexibility index (Phi) is 5.92. The minimum absolute atomic E-state index is 0.0140. The highest BCUT2D eigenvalue weighted by Gasteiger charge is 2.13. The third-order valence-electron chi connectivity index (χ3n) is 4.52. The zero-order valence-corrected chi connectivity index (χ0v) is 16.4. The van der Waals surface area contributed by atoms with Crippen LogP contribution in [0, 0.1) is 5.41 Å². The van der Waals surface area contributed by atoms with Crippen LogP contribution in [0.5, 0.6) is 0 Å². The Balaban J connectivity index is 1.79. The number of carbonyl (C=O) groups excluding carboxylic acids is 2. The van der Waals surface area contributed by atoms with Crippen molar-refractivity contribution in [3.63, 3.8) is 0 Å². The van der Waals surface area contributed by atoms with Crippen LogP contribution in [-0.2, 0) is 16.6 Å². The lowest BCUT2D eigenvalue weighted by molar-refractivity contribution is -0.142. The Morgan fingerprint density at radius 3 is 2.52 bits per heavy atom. The molecular weight excluding hydrogens is 370 g/mol. The summed E-state index contributed by atoms with van der Waals surface area (Å²) in [5.74, 6) is 0.151. The summed E-state index contributed by atoms with van der Waals surface area (Å²) in [4.78, 5) is 28.4. The second kappa shape index (κ2) is 8.55. The van der Waals surface area contributed by atoms with Gasteiger partial charge in [0.1, 0.15) is 11.7 Å². The molecule has 0 aliphatic heterocycles. The molecule has 0 atom stereocenters. The summed E-state index contributed by atoms with van der Waals surface area (Å²) < 4.78 is 6.79. The van der Waals surface area contributed by atoms with E-state index in [1.54, 1.807) is 31.2 Å². The molecule has 1 heterocycles. The normalized spacial score (nSPS) is 10.7. The lowest BCUT2D eigenvalue weighted by atomic mass is 10.1. The van der Waals surface area contributed by atoms with Gasteiger partial charge in [-0.15, -0.1) is 0 Å². The summed E-state index contributed by atoms with van der Waals surface area (Å²) in [5, 5.41) is 10.2. The number of nitrogens with zero attached hydrogens (tertiary/aromatic N) is 2. The van der Waals surface area contributed by atoms with Gasteiger partial charge in [-0.25, -0.2) is 4.98 Å². The molecule has 0 unspecified atom stereocenters. The van der Waals surface area contributed by atoms with Crippen molar-refractivity contribution in [1.29, 1.82) is 5.41 Å². The number of esters is 1. The van der Waals surface area contributed by atoms with E-state index >= 15 is 0 Å².